The van der Waals surface area contributed by atoms with Gasteiger partial charge in [0.15, 0.2) is 12.2 Å². The Morgan fingerprint density at radius 1 is 1.60 bits per heavy atom. The van der Waals surface area contributed by atoms with Gasteiger partial charge in [-0.15, -0.1) is 0 Å². The summed E-state index contributed by atoms with van der Waals surface area (Å²) in [5, 5.41) is 11.4. The van der Waals surface area contributed by atoms with Crippen molar-refractivity contribution < 1.29 is 19.1 Å². The number of hydrogen-bond acceptors (Lipinski definition) is 6. The molecule has 1 atom stereocenters. The van der Waals surface area contributed by atoms with E-state index in [9.17, 15) is 4.79 Å². The lowest BCUT2D eigenvalue weighted by atomic mass is 10.1. The van der Waals surface area contributed by atoms with Crippen molar-refractivity contribution in [1.29, 1.82) is 0 Å². The van der Waals surface area contributed by atoms with Crippen LogP contribution >= 0.6 is 0 Å². The molecular formula is C13H15N3O4. The summed E-state index contributed by atoms with van der Waals surface area (Å²) in [5.74, 6) is 0.617. The Morgan fingerprint density at radius 2 is 2.40 bits per heavy atom. The molecule has 0 aliphatic carbocycles. The Kier molecular flexibility index (Phi) is 4.34. The fourth-order valence-corrected chi connectivity index (χ4v) is 1.64. The fourth-order valence-electron chi connectivity index (χ4n) is 1.64. The highest BCUT2D eigenvalue weighted by Gasteiger charge is 2.14. The molecule has 1 aromatic heterocycles. The quantitative estimate of drug-likeness (QED) is 0.738. The van der Waals surface area contributed by atoms with Crippen molar-refractivity contribution in [2.45, 2.75) is 6.04 Å². The van der Waals surface area contributed by atoms with Gasteiger partial charge in [0.1, 0.15) is 11.8 Å². The largest absolute Gasteiger partial charge is 0.496 e. The first-order chi connectivity index (χ1) is 9.65. The van der Waals surface area contributed by atoms with Crippen LogP contribution in [0, 0.1) is 0 Å². The number of benzene rings is 1. The van der Waals surface area contributed by atoms with E-state index in [0.29, 0.717) is 17.2 Å². The number of aliphatic hydroxyl groups is 1. The van der Waals surface area contributed by atoms with Crippen LogP contribution in [0.5, 0.6) is 5.75 Å². The van der Waals surface area contributed by atoms with E-state index in [0.717, 1.165) is 5.56 Å². The minimum Gasteiger partial charge on any atom is -0.496 e. The number of ether oxygens (including phenoxy) is 1. The third-order valence-electron chi connectivity index (χ3n) is 2.70. The number of nitrogens with one attached hydrogen (secondary N) is 1. The lowest BCUT2D eigenvalue weighted by molar-refractivity contribution is -0.118. The van der Waals surface area contributed by atoms with Gasteiger partial charge in [-0.3, -0.25) is 4.79 Å². The summed E-state index contributed by atoms with van der Waals surface area (Å²) in [6.07, 6.45) is 2.89. The number of aromatic nitrogens is 1. The number of methoxy groups -OCH3 is 1. The number of hydrogen-bond donors (Lipinski definition) is 3. The van der Waals surface area contributed by atoms with E-state index in [1.165, 1.54) is 13.5 Å². The summed E-state index contributed by atoms with van der Waals surface area (Å²) in [6.45, 7) is -0.418. The molecule has 106 valence electrons. The average molecular weight is 277 g/mol. The third-order valence-corrected chi connectivity index (χ3v) is 2.70. The number of anilines is 1. The van der Waals surface area contributed by atoms with Crippen LogP contribution in [0.15, 0.2) is 35.2 Å². The van der Waals surface area contributed by atoms with Gasteiger partial charge in [0.25, 0.3) is 0 Å². The molecule has 2 rings (SSSR count). The zero-order chi connectivity index (χ0) is 14.5. The lowest BCUT2D eigenvalue weighted by Crippen LogP contribution is -2.38. The van der Waals surface area contributed by atoms with Crippen LogP contribution in [0.25, 0.3) is 11.3 Å². The van der Waals surface area contributed by atoms with Crippen molar-refractivity contribution in [3.63, 3.8) is 0 Å². The second kappa shape index (κ2) is 6.18. The summed E-state index contributed by atoms with van der Waals surface area (Å²) < 4.78 is 10.5. The maximum atomic E-state index is 11.6. The predicted octanol–water partition coefficient (Wildman–Crippen LogP) is 0.608. The molecule has 0 saturated carbocycles. The SMILES string of the molecule is COc1cc(NC(=O)[C@H](N)CO)ccc1-c1cnco1. The number of carbonyl (C=O) groups is 1. The second-order valence-electron chi connectivity index (χ2n) is 4.06. The molecule has 7 nitrogen and oxygen atoms in total. The number of rotatable bonds is 5. The Labute approximate surface area is 115 Å². The van der Waals surface area contributed by atoms with Crippen molar-refractivity contribution >= 4 is 11.6 Å². The first kappa shape index (κ1) is 14.0. The molecule has 0 spiro atoms. The molecular weight excluding hydrogens is 262 g/mol. The van der Waals surface area contributed by atoms with Crippen LogP contribution in [0.3, 0.4) is 0 Å². The van der Waals surface area contributed by atoms with Gasteiger partial charge in [0, 0.05) is 11.8 Å². The highest BCUT2D eigenvalue weighted by Crippen LogP contribution is 2.32. The van der Waals surface area contributed by atoms with Crippen molar-refractivity contribution in [1.82, 2.24) is 4.98 Å². The highest BCUT2D eigenvalue weighted by molar-refractivity contribution is 5.95. The van der Waals surface area contributed by atoms with Gasteiger partial charge in [0.2, 0.25) is 5.91 Å². The van der Waals surface area contributed by atoms with Crippen LogP contribution in [0.1, 0.15) is 0 Å². The molecule has 7 heteroatoms. The van der Waals surface area contributed by atoms with Crippen molar-refractivity contribution in [3.8, 4) is 17.1 Å². The average Bonchev–Trinajstić information content (AvgIpc) is 3.00. The summed E-state index contributed by atoms with van der Waals surface area (Å²) in [7, 11) is 1.51. The molecule has 0 aliphatic rings. The molecule has 0 radical (unpaired) electrons. The Hall–Kier alpha value is -2.38. The van der Waals surface area contributed by atoms with E-state index in [2.05, 4.69) is 10.3 Å². The van der Waals surface area contributed by atoms with Crippen LogP contribution in [0.2, 0.25) is 0 Å². The van der Waals surface area contributed by atoms with Gasteiger partial charge >= 0.3 is 0 Å². The third kappa shape index (κ3) is 2.95. The number of nitrogens with zero attached hydrogens (tertiary/aromatic N) is 1. The van der Waals surface area contributed by atoms with E-state index >= 15 is 0 Å². The van der Waals surface area contributed by atoms with E-state index in [1.54, 1.807) is 24.4 Å². The molecule has 1 aromatic carbocycles. The summed E-state index contributed by atoms with van der Waals surface area (Å²) in [6, 6.07) is 4.09. The fraction of sp³-hybridized carbons (Fsp3) is 0.231. The smallest absolute Gasteiger partial charge is 0.243 e. The van der Waals surface area contributed by atoms with Gasteiger partial charge < -0.3 is 25.3 Å². The van der Waals surface area contributed by atoms with E-state index in [4.69, 9.17) is 20.0 Å². The van der Waals surface area contributed by atoms with E-state index < -0.39 is 18.6 Å². The summed E-state index contributed by atoms with van der Waals surface area (Å²) in [4.78, 5) is 15.4. The number of aliphatic hydroxyl groups excluding tert-OH is 1. The molecule has 0 unspecified atom stereocenters. The first-order valence-electron chi connectivity index (χ1n) is 5.90. The normalized spacial score (nSPS) is 11.9. The van der Waals surface area contributed by atoms with Crippen LogP contribution in [-0.4, -0.2) is 35.8 Å². The molecule has 20 heavy (non-hydrogen) atoms. The number of carbonyl (C=O) groups excluding carboxylic acids is 1. The lowest BCUT2D eigenvalue weighted by Gasteiger charge is -2.12. The number of amides is 1. The van der Waals surface area contributed by atoms with Gasteiger partial charge in [-0.1, -0.05) is 0 Å². The first-order valence-corrected chi connectivity index (χ1v) is 5.90. The molecule has 2 aromatic rings. The molecule has 4 N–H and O–H groups in total. The zero-order valence-electron chi connectivity index (χ0n) is 10.9. The van der Waals surface area contributed by atoms with Crippen LogP contribution in [-0.2, 0) is 4.79 Å². The van der Waals surface area contributed by atoms with E-state index in [-0.39, 0.29) is 0 Å². The minimum absolute atomic E-state index is 0.418. The molecule has 0 saturated heterocycles. The maximum absolute atomic E-state index is 11.6. The Morgan fingerprint density at radius 3 is 3.00 bits per heavy atom. The highest BCUT2D eigenvalue weighted by atomic mass is 16.5. The Balaban J connectivity index is 2.24. The maximum Gasteiger partial charge on any atom is 0.243 e. The van der Waals surface area contributed by atoms with Gasteiger partial charge in [-0.05, 0) is 12.1 Å². The number of oxazole rings is 1. The standard InChI is InChI=1S/C13H15N3O4/c1-19-11-4-8(16-13(18)10(14)6-17)2-3-9(11)12-5-15-7-20-12/h2-5,7,10,17H,6,14H2,1H3,(H,16,18)/t10-/m1/s1. The van der Waals surface area contributed by atoms with Crippen LogP contribution in [0.4, 0.5) is 5.69 Å². The molecule has 0 bridgehead atoms. The monoisotopic (exact) mass is 277 g/mol. The van der Waals surface area contributed by atoms with E-state index in [1.807, 2.05) is 0 Å². The molecule has 1 amide bonds. The predicted molar refractivity (Wildman–Crippen MR) is 72.2 cm³/mol. The zero-order valence-corrected chi connectivity index (χ0v) is 10.9. The van der Waals surface area contributed by atoms with Gasteiger partial charge in [-0.25, -0.2) is 4.98 Å². The second-order valence-corrected chi connectivity index (χ2v) is 4.06. The van der Waals surface area contributed by atoms with Crippen molar-refractivity contribution in [3.05, 3.63) is 30.8 Å². The minimum atomic E-state index is -0.963. The van der Waals surface area contributed by atoms with Crippen LogP contribution < -0.4 is 15.8 Å². The summed E-state index contributed by atoms with van der Waals surface area (Å²) in [5.41, 5.74) is 6.66. The summed E-state index contributed by atoms with van der Waals surface area (Å²) >= 11 is 0. The molecule has 1 heterocycles. The molecule has 0 fully saturated rings. The molecule has 0 aliphatic heterocycles. The van der Waals surface area contributed by atoms with Crippen molar-refractivity contribution in [2.75, 3.05) is 19.0 Å². The van der Waals surface area contributed by atoms with Gasteiger partial charge in [-0.2, -0.15) is 0 Å². The Bertz CT molecular complexity index is 583. The topological polar surface area (TPSA) is 111 Å². The van der Waals surface area contributed by atoms with Gasteiger partial charge in [0.05, 0.1) is 25.5 Å². The number of nitrogens with two attached hydrogens (primary N) is 1. The van der Waals surface area contributed by atoms with Crippen molar-refractivity contribution in [2.24, 2.45) is 5.73 Å².